The number of benzene rings is 1. The fourth-order valence-electron chi connectivity index (χ4n) is 1.41. The third kappa shape index (κ3) is 2.76. The first-order chi connectivity index (χ1) is 8.22. The van der Waals surface area contributed by atoms with Crippen LogP contribution in [0.2, 0.25) is 5.02 Å². The zero-order chi connectivity index (χ0) is 12.3. The first-order valence-electron chi connectivity index (χ1n) is 5.36. The van der Waals surface area contributed by atoms with Gasteiger partial charge in [0.2, 0.25) is 0 Å². The second-order valence-electron chi connectivity index (χ2n) is 3.56. The maximum atomic E-state index is 13.8. The first kappa shape index (κ1) is 12.3. The smallest absolute Gasteiger partial charge is 0.183 e. The van der Waals surface area contributed by atoms with Crippen LogP contribution in [-0.2, 0) is 0 Å². The fourth-order valence-corrected chi connectivity index (χ4v) is 2.44. The van der Waals surface area contributed by atoms with E-state index in [2.05, 4.69) is 17.2 Å². The Bertz CT molecular complexity index is 513. The van der Waals surface area contributed by atoms with E-state index in [1.807, 2.05) is 0 Å². The van der Waals surface area contributed by atoms with Gasteiger partial charge in [-0.2, -0.15) is 0 Å². The minimum Gasteiger partial charge on any atom is -0.362 e. The quantitative estimate of drug-likeness (QED) is 0.889. The van der Waals surface area contributed by atoms with Crippen LogP contribution in [0, 0.1) is 5.82 Å². The van der Waals surface area contributed by atoms with Crippen molar-refractivity contribution in [3.63, 3.8) is 0 Å². The van der Waals surface area contributed by atoms with Gasteiger partial charge in [-0.15, -0.1) is 0 Å². The van der Waals surface area contributed by atoms with E-state index in [1.165, 1.54) is 17.4 Å². The van der Waals surface area contributed by atoms with Crippen LogP contribution in [0.25, 0.3) is 10.4 Å². The average molecular weight is 271 g/mol. The lowest BCUT2D eigenvalue weighted by Gasteiger charge is -2.00. The summed E-state index contributed by atoms with van der Waals surface area (Å²) in [4.78, 5) is 4.98. The predicted molar refractivity (Wildman–Crippen MR) is 71.3 cm³/mol. The van der Waals surface area contributed by atoms with Crippen LogP contribution in [0.4, 0.5) is 9.52 Å². The SMILES string of the molecule is CCCNc1ncc(-c2cccc(Cl)c2F)s1. The van der Waals surface area contributed by atoms with E-state index in [1.54, 1.807) is 18.3 Å². The molecule has 1 aromatic heterocycles. The molecule has 0 radical (unpaired) electrons. The number of rotatable bonds is 4. The summed E-state index contributed by atoms with van der Waals surface area (Å²) >= 11 is 7.18. The highest BCUT2D eigenvalue weighted by Crippen LogP contribution is 2.33. The molecule has 1 aromatic carbocycles. The van der Waals surface area contributed by atoms with Crippen molar-refractivity contribution >= 4 is 28.1 Å². The highest BCUT2D eigenvalue weighted by molar-refractivity contribution is 7.18. The van der Waals surface area contributed by atoms with E-state index in [0.717, 1.165) is 23.0 Å². The summed E-state index contributed by atoms with van der Waals surface area (Å²) in [6, 6.07) is 4.98. The maximum Gasteiger partial charge on any atom is 0.183 e. The van der Waals surface area contributed by atoms with E-state index < -0.39 is 0 Å². The third-order valence-electron chi connectivity index (χ3n) is 2.25. The molecule has 0 aliphatic rings. The summed E-state index contributed by atoms with van der Waals surface area (Å²) in [5, 5.41) is 4.12. The summed E-state index contributed by atoms with van der Waals surface area (Å²) < 4.78 is 13.8. The van der Waals surface area contributed by atoms with Gasteiger partial charge in [0, 0.05) is 18.3 Å². The molecule has 17 heavy (non-hydrogen) atoms. The van der Waals surface area contributed by atoms with Gasteiger partial charge >= 0.3 is 0 Å². The lowest BCUT2D eigenvalue weighted by Crippen LogP contribution is -1.97. The number of anilines is 1. The van der Waals surface area contributed by atoms with Crippen molar-refractivity contribution < 1.29 is 4.39 Å². The molecular weight excluding hydrogens is 259 g/mol. The Balaban J connectivity index is 2.27. The molecule has 0 aliphatic heterocycles. The number of nitrogens with zero attached hydrogens (tertiary/aromatic N) is 1. The minimum absolute atomic E-state index is 0.138. The molecule has 0 fully saturated rings. The molecule has 1 heterocycles. The van der Waals surface area contributed by atoms with E-state index >= 15 is 0 Å². The van der Waals surface area contributed by atoms with Crippen LogP contribution in [0.3, 0.4) is 0 Å². The number of hydrogen-bond donors (Lipinski definition) is 1. The van der Waals surface area contributed by atoms with Crippen LogP contribution in [0.15, 0.2) is 24.4 Å². The van der Waals surface area contributed by atoms with Gasteiger partial charge in [0.25, 0.3) is 0 Å². The largest absolute Gasteiger partial charge is 0.362 e. The van der Waals surface area contributed by atoms with Crippen molar-refractivity contribution in [3.05, 3.63) is 35.2 Å². The van der Waals surface area contributed by atoms with E-state index in [-0.39, 0.29) is 10.8 Å². The standard InChI is InChI=1S/C12H12ClFN2S/c1-2-6-15-12-16-7-10(17-12)8-4-3-5-9(13)11(8)14/h3-5,7H,2,6H2,1H3,(H,15,16). The Kier molecular flexibility index (Phi) is 3.97. The number of nitrogens with one attached hydrogen (secondary N) is 1. The fraction of sp³-hybridized carbons (Fsp3) is 0.250. The maximum absolute atomic E-state index is 13.8. The van der Waals surface area contributed by atoms with Gasteiger partial charge in [-0.1, -0.05) is 42.0 Å². The second-order valence-corrected chi connectivity index (χ2v) is 5.00. The van der Waals surface area contributed by atoms with Crippen LogP contribution >= 0.6 is 22.9 Å². The molecule has 90 valence electrons. The predicted octanol–water partition coefficient (Wildman–Crippen LogP) is 4.42. The zero-order valence-electron chi connectivity index (χ0n) is 9.34. The molecule has 5 heteroatoms. The summed E-state index contributed by atoms with van der Waals surface area (Å²) in [6.45, 7) is 2.95. The van der Waals surface area contributed by atoms with E-state index in [0.29, 0.717) is 5.56 Å². The molecule has 0 amide bonds. The normalized spacial score (nSPS) is 10.5. The Hall–Kier alpha value is -1.13. The summed E-state index contributed by atoms with van der Waals surface area (Å²) in [5.41, 5.74) is 0.500. The van der Waals surface area contributed by atoms with Crippen molar-refractivity contribution in [1.82, 2.24) is 4.98 Å². The lowest BCUT2D eigenvalue weighted by molar-refractivity contribution is 0.632. The molecule has 0 aliphatic carbocycles. The van der Waals surface area contributed by atoms with Gasteiger partial charge in [-0.05, 0) is 12.5 Å². The Morgan fingerprint density at radius 1 is 1.47 bits per heavy atom. The van der Waals surface area contributed by atoms with Crippen molar-refractivity contribution in [2.45, 2.75) is 13.3 Å². The number of thiazole rings is 1. The molecule has 2 nitrogen and oxygen atoms in total. The molecule has 0 bridgehead atoms. The third-order valence-corrected chi connectivity index (χ3v) is 3.53. The van der Waals surface area contributed by atoms with Gasteiger partial charge in [-0.3, -0.25) is 0 Å². The monoisotopic (exact) mass is 270 g/mol. The topological polar surface area (TPSA) is 24.9 Å². The zero-order valence-corrected chi connectivity index (χ0v) is 10.9. The molecule has 2 aromatic rings. The molecule has 0 saturated heterocycles. The molecule has 2 rings (SSSR count). The van der Waals surface area contributed by atoms with E-state index in [9.17, 15) is 4.39 Å². The molecule has 0 unspecified atom stereocenters. The van der Waals surface area contributed by atoms with Gasteiger partial charge in [0.05, 0.1) is 9.90 Å². The van der Waals surface area contributed by atoms with Crippen molar-refractivity contribution in [3.8, 4) is 10.4 Å². The molecule has 0 saturated carbocycles. The van der Waals surface area contributed by atoms with Crippen LogP contribution in [0.1, 0.15) is 13.3 Å². The highest BCUT2D eigenvalue weighted by Gasteiger charge is 2.11. The Labute approximate surface area is 108 Å². The van der Waals surface area contributed by atoms with Gasteiger partial charge in [-0.25, -0.2) is 9.37 Å². The molecule has 1 N–H and O–H groups in total. The Morgan fingerprint density at radius 3 is 3.06 bits per heavy atom. The molecular formula is C12H12ClFN2S. The van der Waals surface area contributed by atoms with Crippen molar-refractivity contribution in [2.75, 3.05) is 11.9 Å². The number of aromatic nitrogens is 1. The lowest BCUT2D eigenvalue weighted by atomic mass is 10.2. The number of halogens is 2. The van der Waals surface area contributed by atoms with Crippen LogP contribution in [-0.4, -0.2) is 11.5 Å². The van der Waals surface area contributed by atoms with Crippen LogP contribution in [0.5, 0.6) is 0 Å². The van der Waals surface area contributed by atoms with Crippen LogP contribution < -0.4 is 5.32 Å². The number of hydrogen-bond acceptors (Lipinski definition) is 3. The molecule has 0 spiro atoms. The Morgan fingerprint density at radius 2 is 2.29 bits per heavy atom. The second kappa shape index (κ2) is 5.47. The average Bonchev–Trinajstić information content (AvgIpc) is 2.78. The first-order valence-corrected chi connectivity index (χ1v) is 6.56. The van der Waals surface area contributed by atoms with Gasteiger partial charge < -0.3 is 5.32 Å². The van der Waals surface area contributed by atoms with Crippen molar-refractivity contribution in [1.29, 1.82) is 0 Å². The molecule has 0 atom stereocenters. The van der Waals surface area contributed by atoms with Crippen molar-refractivity contribution in [2.24, 2.45) is 0 Å². The highest BCUT2D eigenvalue weighted by atomic mass is 35.5. The van der Waals surface area contributed by atoms with Gasteiger partial charge in [0.15, 0.2) is 5.13 Å². The summed E-state index contributed by atoms with van der Waals surface area (Å²) in [7, 11) is 0. The van der Waals surface area contributed by atoms with Gasteiger partial charge in [0.1, 0.15) is 5.82 Å². The summed E-state index contributed by atoms with van der Waals surface area (Å²) in [6.07, 6.45) is 2.69. The van der Waals surface area contributed by atoms with E-state index in [4.69, 9.17) is 11.6 Å². The summed E-state index contributed by atoms with van der Waals surface area (Å²) in [5.74, 6) is -0.389. The minimum atomic E-state index is -0.389.